The molecule has 0 radical (unpaired) electrons. The zero-order valence-electron chi connectivity index (χ0n) is 26.3. The van der Waals surface area contributed by atoms with Gasteiger partial charge in [0.2, 0.25) is 5.89 Å². The van der Waals surface area contributed by atoms with Crippen molar-refractivity contribution in [2.45, 2.75) is 63.1 Å². The minimum Gasteiger partial charge on any atom is -0.508 e. The third-order valence-electron chi connectivity index (χ3n) is 10.7. The first kappa shape index (κ1) is 29.6. The minimum absolute atomic E-state index is 0.00688. The highest BCUT2D eigenvalue weighted by atomic mass is 19.1. The fraction of sp³-hybridized carbons (Fsp3) is 0.457. The summed E-state index contributed by atoms with van der Waals surface area (Å²) in [5.74, 6) is 0.339. The van der Waals surface area contributed by atoms with Crippen molar-refractivity contribution >= 4 is 27.5 Å². The van der Waals surface area contributed by atoms with Gasteiger partial charge in [-0.15, -0.1) is 0 Å². The van der Waals surface area contributed by atoms with Gasteiger partial charge >= 0.3 is 6.01 Å². The zero-order chi connectivity index (χ0) is 32.6. The van der Waals surface area contributed by atoms with Crippen molar-refractivity contribution in [3.63, 3.8) is 0 Å². The maximum atomic E-state index is 17.0. The van der Waals surface area contributed by atoms with Gasteiger partial charge in [0.25, 0.3) is 0 Å². The third-order valence-corrected chi connectivity index (χ3v) is 10.7. The van der Waals surface area contributed by atoms with Crippen molar-refractivity contribution in [1.82, 2.24) is 30.0 Å². The summed E-state index contributed by atoms with van der Waals surface area (Å²) in [7, 11) is 0. The molecule has 5 aromatic rings. The molecule has 10 rings (SSSR count). The summed E-state index contributed by atoms with van der Waals surface area (Å²) >= 11 is 0. The maximum absolute atomic E-state index is 17.0. The molecular weight excluding hydrogens is 623 g/mol. The number of anilines is 1. The minimum atomic E-state index is -0.920. The van der Waals surface area contributed by atoms with Gasteiger partial charge in [-0.1, -0.05) is 11.2 Å². The Morgan fingerprint density at radius 3 is 2.90 bits per heavy atom. The molecule has 3 unspecified atom stereocenters. The molecule has 10 nitrogen and oxygen atoms in total. The monoisotopic (exact) mass is 657 g/mol. The van der Waals surface area contributed by atoms with E-state index in [1.807, 2.05) is 0 Å². The lowest BCUT2D eigenvalue weighted by Gasteiger charge is -2.34. The SMILES string of the molecule is Oc1cc2c3c(c(F)ccc3c1)CCc1nc(no1)CC1CCCN(C1)c1nc(OCC34CCCN3CC(F)C4)nc3c(F)c-2ncc13. The molecule has 0 aliphatic carbocycles. The predicted octanol–water partition coefficient (Wildman–Crippen LogP) is 5.72. The zero-order valence-corrected chi connectivity index (χ0v) is 26.3. The molecule has 8 heterocycles. The Morgan fingerprint density at radius 1 is 1.06 bits per heavy atom. The number of ether oxygens (including phenoxy) is 1. The van der Waals surface area contributed by atoms with Crippen LogP contribution < -0.4 is 9.64 Å². The lowest BCUT2D eigenvalue weighted by Crippen LogP contribution is -2.43. The van der Waals surface area contributed by atoms with Gasteiger partial charge in [-0.3, -0.25) is 9.88 Å². The van der Waals surface area contributed by atoms with E-state index < -0.39 is 23.3 Å². The Labute approximate surface area is 273 Å². The number of alkyl halides is 1. The molecule has 13 heteroatoms. The number of aryl methyl sites for hydroxylation is 2. The number of hydrogen-bond donors (Lipinski definition) is 1. The van der Waals surface area contributed by atoms with E-state index in [1.54, 1.807) is 12.3 Å². The molecule has 3 aromatic heterocycles. The van der Waals surface area contributed by atoms with E-state index in [1.165, 1.54) is 18.2 Å². The Hall–Kier alpha value is -4.52. The topological polar surface area (TPSA) is 114 Å². The van der Waals surface area contributed by atoms with Gasteiger partial charge in [-0.25, -0.2) is 13.2 Å². The van der Waals surface area contributed by atoms with Crippen LogP contribution in [0.5, 0.6) is 11.8 Å². The Balaban J connectivity index is 1.23. The summed E-state index contributed by atoms with van der Waals surface area (Å²) in [4.78, 5) is 22.9. The number of halogens is 3. The highest BCUT2D eigenvalue weighted by molar-refractivity contribution is 6.01. The van der Waals surface area contributed by atoms with Crippen LogP contribution in [-0.4, -0.2) is 79.6 Å². The lowest BCUT2D eigenvalue weighted by molar-refractivity contribution is 0.107. The molecule has 0 saturated carbocycles. The summed E-state index contributed by atoms with van der Waals surface area (Å²) in [6, 6.07) is 5.82. The van der Waals surface area contributed by atoms with Gasteiger partial charge in [-0.2, -0.15) is 15.0 Å². The lowest BCUT2D eigenvalue weighted by atomic mass is 9.93. The van der Waals surface area contributed by atoms with Crippen LogP contribution in [0.25, 0.3) is 32.9 Å². The molecule has 248 valence electrons. The first-order chi connectivity index (χ1) is 23.3. The van der Waals surface area contributed by atoms with Gasteiger partial charge in [0.1, 0.15) is 41.4 Å². The summed E-state index contributed by atoms with van der Waals surface area (Å²) in [6.07, 6.45) is 5.67. The number of phenolic OH excluding ortho intramolecular Hbond substituents is 1. The van der Waals surface area contributed by atoms with E-state index in [0.717, 1.165) is 32.2 Å². The molecule has 5 aliphatic heterocycles. The predicted molar refractivity (Wildman–Crippen MR) is 171 cm³/mol. The molecule has 8 bridgehead atoms. The summed E-state index contributed by atoms with van der Waals surface area (Å²) in [5, 5.41) is 16.3. The molecule has 3 saturated heterocycles. The largest absolute Gasteiger partial charge is 0.508 e. The average molecular weight is 658 g/mol. The molecule has 3 fully saturated rings. The van der Waals surface area contributed by atoms with Gasteiger partial charge in [0, 0.05) is 50.7 Å². The highest BCUT2D eigenvalue weighted by Gasteiger charge is 2.49. The second-order valence-corrected chi connectivity index (χ2v) is 13.8. The Bertz CT molecular complexity index is 2080. The number of nitrogens with zero attached hydrogens (tertiary/aromatic N) is 7. The molecule has 3 atom stereocenters. The molecule has 0 spiro atoms. The number of aromatic hydroxyl groups is 1. The van der Waals surface area contributed by atoms with Gasteiger partial charge in [0.15, 0.2) is 11.6 Å². The number of rotatable bonds is 3. The first-order valence-electron chi connectivity index (χ1n) is 16.7. The van der Waals surface area contributed by atoms with Crippen LogP contribution in [0.15, 0.2) is 35.0 Å². The van der Waals surface area contributed by atoms with E-state index >= 15 is 8.78 Å². The number of phenols is 1. The van der Waals surface area contributed by atoms with Gasteiger partial charge < -0.3 is 19.3 Å². The number of hydrogen-bond acceptors (Lipinski definition) is 10. The third kappa shape index (κ3) is 4.92. The number of pyridine rings is 1. The molecular formula is C35H34F3N7O3. The molecule has 1 N–H and O–H groups in total. The number of benzene rings is 2. The highest BCUT2D eigenvalue weighted by Crippen LogP contribution is 2.42. The number of aromatic nitrogens is 5. The van der Waals surface area contributed by atoms with Crippen LogP contribution in [0.1, 0.15) is 49.4 Å². The van der Waals surface area contributed by atoms with E-state index in [4.69, 9.17) is 14.2 Å². The second-order valence-electron chi connectivity index (χ2n) is 13.8. The smallest absolute Gasteiger partial charge is 0.319 e. The Kier molecular flexibility index (Phi) is 6.96. The second kappa shape index (κ2) is 11.3. The van der Waals surface area contributed by atoms with E-state index in [0.29, 0.717) is 71.7 Å². The molecule has 48 heavy (non-hydrogen) atoms. The summed E-state index contributed by atoms with van der Waals surface area (Å²) in [6.45, 7) is 2.69. The number of piperidine rings is 1. The fourth-order valence-electron chi connectivity index (χ4n) is 8.48. The van der Waals surface area contributed by atoms with Crippen LogP contribution in [-0.2, 0) is 19.3 Å². The van der Waals surface area contributed by atoms with E-state index in [9.17, 15) is 9.50 Å². The Morgan fingerprint density at radius 2 is 1.98 bits per heavy atom. The van der Waals surface area contributed by atoms with Crippen molar-refractivity contribution in [3.8, 4) is 23.0 Å². The standard InChI is InChI=1S/C35H34F3N7O3/c36-21-14-35(8-2-10-45(35)17-21)18-47-34-41-32-25-15-39-31(30(32)38)24-13-22(46)12-20-4-6-26(37)23(29(20)24)5-7-28-40-27(43-48-28)11-19-3-1-9-44(16-19)33(25)42-34/h4,6,12-13,15,19,21,46H,1-3,5,7-11,14,16-18H2. The van der Waals surface area contributed by atoms with Crippen molar-refractivity contribution in [1.29, 1.82) is 0 Å². The van der Waals surface area contributed by atoms with Crippen molar-refractivity contribution in [2.24, 2.45) is 5.92 Å². The van der Waals surface area contributed by atoms with Crippen molar-refractivity contribution in [3.05, 3.63) is 59.4 Å². The van der Waals surface area contributed by atoms with E-state index in [-0.39, 0.29) is 53.9 Å². The van der Waals surface area contributed by atoms with Crippen LogP contribution in [0.4, 0.5) is 19.0 Å². The van der Waals surface area contributed by atoms with Crippen LogP contribution in [0.2, 0.25) is 0 Å². The molecule has 0 amide bonds. The van der Waals surface area contributed by atoms with Gasteiger partial charge in [0.05, 0.1) is 10.9 Å². The quantitative estimate of drug-likeness (QED) is 0.258. The first-order valence-corrected chi connectivity index (χ1v) is 16.7. The van der Waals surface area contributed by atoms with Crippen molar-refractivity contribution in [2.75, 3.05) is 37.7 Å². The summed E-state index contributed by atoms with van der Waals surface area (Å²) in [5.41, 5.74) is 0.0512. The fourth-order valence-corrected chi connectivity index (χ4v) is 8.48. The average Bonchev–Trinajstić information content (AvgIpc) is 3.77. The normalized spacial score (nSPS) is 24.1. The van der Waals surface area contributed by atoms with Crippen LogP contribution in [0, 0.1) is 17.6 Å². The van der Waals surface area contributed by atoms with Crippen LogP contribution in [0.3, 0.4) is 0 Å². The van der Waals surface area contributed by atoms with Crippen molar-refractivity contribution < 1.29 is 27.5 Å². The number of fused-ring (bicyclic) bond motifs is 3. The summed E-state index contributed by atoms with van der Waals surface area (Å²) < 4.78 is 59.0. The molecule has 5 aliphatic rings. The van der Waals surface area contributed by atoms with E-state index in [2.05, 4.69) is 29.9 Å². The molecule has 2 aromatic carbocycles. The maximum Gasteiger partial charge on any atom is 0.319 e. The van der Waals surface area contributed by atoms with Crippen LogP contribution >= 0.6 is 0 Å². The van der Waals surface area contributed by atoms with Gasteiger partial charge in [-0.05, 0) is 79.1 Å².